The lowest BCUT2D eigenvalue weighted by molar-refractivity contribution is -0.149. The Balaban J connectivity index is 2.74. The Kier molecular flexibility index (Phi) is 6.57. The summed E-state index contributed by atoms with van der Waals surface area (Å²) in [6, 6.07) is 8.13. The summed E-state index contributed by atoms with van der Waals surface area (Å²) in [6.07, 6.45) is 1.81. The fraction of sp³-hybridized carbons (Fsp3) is 0.562. The van der Waals surface area contributed by atoms with Crippen LogP contribution in [0.2, 0.25) is 0 Å². The molecule has 1 atom stereocenters. The zero-order valence-corrected chi connectivity index (χ0v) is 12.5. The van der Waals surface area contributed by atoms with Gasteiger partial charge in [-0.2, -0.15) is 0 Å². The third-order valence-corrected chi connectivity index (χ3v) is 3.33. The normalized spacial score (nSPS) is 12.5. The van der Waals surface area contributed by atoms with E-state index in [1.165, 1.54) is 11.1 Å². The molecule has 0 aliphatic carbocycles. The Morgan fingerprint density at radius 1 is 1.32 bits per heavy atom. The molecule has 0 bridgehead atoms. The number of aryl methyl sites for hydroxylation is 1. The Labute approximate surface area is 116 Å². The van der Waals surface area contributed by atoms with Crippen LogP contribution in [0.3, 0.4) is 0 Å². The number of benzene rings is 1. The summed E-state index contributed by atoms with van der Waals surface area (Å²) in [7, 11) is 1.99. The summed E-state index contributed by atoms with van der Waals surface area (Å²) in [6.45, 7) is 7.26. The molecule has 0 N–H and O–H groups in total. The molecule has 19 heavy (non-hydrogen) atoms. The average Bonchev–Trinajstić information content (AvgIpc) is 2.38. The molecule has 0 saturated heterocycles. The fourth-order valence-corrected chi connectivity index (χ4v) is 2.20. The first kappa shape index (κ1) is 15.7. The van der Waals surface area contributed by atoms with Gasteiger partial charge in [0.25, 0.3) is 0 Å². The van der Waals surface area contributed by atoms with Gasteiger partial charge in [0.15, 0.2) is 0 Å². The van der Waals surface area contributed by atoms with Crippen LogP contribution in [0.4, 0.5) is 0 Å². The predicted molar refractivity (Wildman–Crippen MR) is 78.0 cm³/mol. The number of likely N-dealkylation sites (N-methyl/N-ethyl adjacent to an activating group) is 1. The number of esters is 1. The lowest BCUT2D eigenvalue weighted by atomic mass is 10.1. The topological polar surface area (TPSA) is 29.5 Å². The monoisotopic (exact) mass is 263 g/mol. The summed E-state index contributed by atoms with van der Waals surface area (Å²) in [5, 5.41) is 0. The minimum atomic E-state index is -0.149. The van der Waals surface area contributed by atoms with Crippen molar-refractivity contribution in [3.05, 3.63) is 35.4 Å². The summed E-state index contributed by atoms with van der Waals surface area (Å²) in [5.41, 5.74) is 2.52. The largest absolute Gasteiger partial charge is 0.465 e. The lowest BCUT2D eigenvalue weighted by Crippen LogP contribution is -2.39. The first-order valence-corrected chi connectivity index (χ1v) is 7.01. The molecule has 0 heterocycles. The van der Waals surface area contributed by atoms with Crippen molar-refractivity contribution in [2.24, 2.45) is 0 Å². The molecule has 0 aliphatic heterocycles. The Hall–Kier alpha value is -1.35. The molecule has 0 saturated carbocycles. The van der Waals surface area contributed by atoms with Gasteiger partial charge in [-0.25, -0.2) is 0 Å². The van der Waals surface area contributed by atoms with Gasteiger partial charge in [-0.05, 0) is 38.4 Å². The van der Waals surface area contributed by atoms with Crippen LogP contribution in [0, 0.1) is 6.92 Å². The van der Waals surface area contributed by atoms with E-state index in [0.717, 1.165) is 19.4 Å². The van der Waals surface area contributed by atoms with Crippen molar-refractivity contribution in [2.75, 3.05) is 13.7 Å². The predicted octanol–water partition coefficient (Wildman–Crippen LogP) is 3.16. The van der Waals surface area contributed by atoms with E-state index in [2.05, 4.69) is 30.9 Å². The quantitative estimate of drug-likeness (QED) is 0.708. The van der Waals surface area contributed by atoms with Crippen molar-refractivity contribution >= 4 is 5.97 Å². The standard InChI is InChI=1S/C16H25NO2/c1-5-9-15(16(18)19-6-2)17(4)12-14-11-8-7-10-13(14)3/h7-8,10-11,15H,5-6,9,12H2,1-4H3. The van der Waals surface area contributed by atoms with Gasteiger partial charge in [-0.1, -0.05) is 37.6 Å². The highest BCUT2D eigenvalue weighted by atomic mass is 16.5. The molecule has 1 aromatic carbocycles. The van der Waals surface area contributed by atoms with E-state index in [4.69, 9.17) is 4.74 Å². The van der Waals surface area contributed by atoms with Gasteiger partial charge in [0.1, 0.15) is 6.04 Å². The van der Waals surface area contributed by atoms with Gasteiger partial charge < -0.3 is 4.74 Å². The summed E-state index contributed by atoms with van der Waals surface area (Å²) in [5.74, 6) is -0.111. The van der Waals surface area contributed by atoms with E-state index in [0.29, 0.717) is 6.61 Å². The van der Waals surface area contributed by atoms with E-state index < -0.39 is 0 Å². The van der Waals surface area contributed by atoms with E-state index in [-0.39, 0.29) is 12.0 Å². The first-order chi connectivity index (χ1) is 9.10. The van der Waals surface area contributed by atoms with Crippen LogP contribution < -0.4 is 0 Å². The molecule has 3 heteroatoms. The molecular formula is C16H25NO2. The Morgan fingerprint density at radius 2 is 2.00 bits per heavy atom. The van der Waals surface area contributed by atoms with Crippen LogP contribution in [0.25, 0.3) is 0 Å². The molecule has 0 aromatic heterocycles. The number of hydrogen-bond donors (Lipinski definition) is 0. The van der Waals surface area contributed by atoms with Crippen molar-refractivity contribution in [1.82, 2.24) is 4.90 Å². The van der Waals surface area contributed by atoms with Crippen molar-refractivity contribution in [3.8, 4) is 0 Å². The third kappa shape index (κ3) is 4.67. The van der Waals surface area contributed by atoms with E-state index in [1.54, 1.807) is 0 Å². The molecule has 106 valence electrons. The molecule has 1 unspecified atom stereocenters. The number of carbonyl (C=O) groups is 1. The molecule has 0 radical (unpaired) electrons. The minimum Gasteiger partial charge on any atom is -0.465 e. The van der Waals surface area contributed by atoms with Crippen LogP contribution in [0.15, 0.2) is 24.3 Å². The van der Waals surface area contributed by atoms with Crippen LogP contribution in [0.1, 0.15) is 37.8 Å². The maximum Gasteiger partial charge on any atom is 0.323 e. The highest BCUT2D eigenvalue weighted by Gasteiger charge is 2.23. The molecular weight excluding hydrogens is 238 g/mol. The lowest BCUT2D eigenvalue weighted by Gasteiger charge is -2.26. The smallest absolute Gasteiger partial charge is 0.323 e. The summed E-state index contributed by atoms with van der Waals surface area (Å²) in [4.78, 5) is 14.1. The average molecular weight is 263 g/mol. The van der Waals surface area contributed by atoms with E-state index in [1.807, 2.05) is 26.1 Å². The van der Waals surface area contributed by atoms with Gasteiger partial charge in [-0.3, -0.25) is 9.69 Å². The maximum absolute atomic E-state index is 12.0. The van der Waals surface area contributed by atoms with Gasteiger partial charge >= 0.3 is 5.97 Å². The highest BCUT2D eigenvalue weighted by Crippen LogP contribution is 2.14. The number of rotatable bonds is 7. The second-order valence-electron chi connectivity index (χ2n) is 4.90. The maximum atomic E-state index is 12.0. The first-order valence-electron chi connectivity index (χ1n) is 7.01. The zero-order valence-electron chi connectivity index (χ0n) is 12.5. The molecule has 0 aliphatic rings. The molecule has 0 amide bonds. The zero-order chi connectivity index (χ0) is 14.3. The number of hydrogen-bond acceptors (Lipinski definition) is 3. The summed E-state index contributed by atoms with van der Waals surface area (Å²) >= 11 is 0. The number of carbonyl (C=O) groups excluding carboxylic acids is 1. The molecule has 1 aromatic rings. The van der Waals surface area contributed by atoms with Gasteiger partial charge in [0.2, 0.25) is 0 Å². The van der Waals surface area contributed by atoms with Gasteiger partial charge in [0.05, 0.1) is 6.61 Å². The van der Waals surface area contributed by atoms with Crippen molar-refractivity contribution in [2.45, 2.75) is 46.2 Å². The van der Waals surface area contributed by atoms with Crippen molar-refractivity contribution in [3.63, 3.8) is 0 Å². The fourth-order valence-electron chi connectivity index (χ4n) is 2.20. The Bertz CT molecular complexity index is 403. The minimum absolute atomic E-state index is 0.111. The van der Waals surface area contributed by atoms with Crippen molar-refractivity contribution < 1.29 is 9.53 Å². The SMILES string of the molecule is CCCC(C(=O)OCC)N(C)Cc1ccccc1C. The molecule has 0 spiro atoms. The van der Waals surface area contributed by atoms with Gasteiger partial charge in [-0.15, -0.1) is 0 Å². The number of nitrogens with zero attached hydrogens (tertiary/aromatic N) is 1. The third-order valence-electron chi connectivity index (χ3n) is 3.33. The van der Waals surface area contributed by atoms with Crippen LogP contribution >= 0.6 is 0 Å². The van der Waals surface area contributed by atoms with Crippen LogP contribution in [-0.4, -0.2) is 30.6 Å². The molecule has 1 rings (SSSR count). The van der Waals surface area contributed by atoms with Crippen molar-refractivity contribution in [1.29, 1.82) is 0 Å². The van der Waals surface area contributed by atoms with Crippen LogP contribution in [-0.2, 0) is 16.1 Å². The second kappa shape index (κ2) is 7.95. The van der Waals surface area contributed by atoms with Gasteiger partial charge in [0, 0.05) is 6.54 Å². The second-order valence-corrected chi connectivity index (χ2v) is 4.90. The Morgan fingerprint density at radius 3 is 2.58 bits per heavy atom. The number of ether oxygens (including phenoxy) is 1. The summed E-state index contributed by atoms with van der Waals surface area (Å²) < 4.78 is 5.17. The molecule has 0 fully saturated rings. The molecule has 3 nitrogen and oxygen atoms in total. The van der Waals surface area contributed by atoms with E-state index >= 15 is 0 Å². The van der Waals surface area contributed by atoms with Crippen LogP contribution in [0.5, 0.6) is 0 Å². The van der Waals surface area contributed by atoms with E-state index in [9.17, 15) is 4.79 Å². The highest BCUT2D eigenvalue weighted by molar-refractivity contribution is 5.75.